The highest BCUT2D eigenvalue weighted by atomic mass is 35.5. The van der Waals surface area contributed by atoms with Crippen LogP contribution in [0.2, 0.25) is 10.0 Å². The molecule has 186 valence electrons. The third-order valence-corrected chi connectivity index (χ3v) is 7.30. The van der Waals surface area contributed by atoms with Gasteiger partial charge in [0.25, 0.3) is 5.91 Å². The second-order valence-corrected chi connectivity index (χ2v) is 10.0. The van der Waals surface area contributed by atoms with Crippen molar-refractivity contribution in [3.8, 4) is 16.9 Å². The summed E-state index contributed by atoms with van der Waals surface area (Å²) < 4.78 is 11.4. The van der Waals surface area contributed by atoms with Crippen molar-refractivity contribution in [1.29, 1.82) is 0 Å². The lowest BCUT2D eigenvalue weighted by molar-refractivity contribution is 0.0924. The number of benzene rings is 3. The van der Waals surface area contributed by atoms with Crippen LogP contribution in [0.25, 0.3) is 27.6 Å². The van der Waals surface area contributed by atoms with Gasteiger partial charge in [0.05, 0.1) is 36.9 Å². The molecule has 2 aliphatic heterocycles. The van der Waals surface area contributed by atoms with Crippen molar-refractivity contribution in [2.24, 2.45) is 0 Å². The second kappa shape index (κ2) is 10.2. The van der Waals surface area contributed by atoms with Crippen molar-refractivity contribution in [3.63, 3.8) is 0 Å². The Morgan fingerprint density at radius 3 is 2.65 bits per heavy atom. The van der Waals surface area contributed by atoms with E-state index in [0.29, 0.717) is 48.3 Å². The number of amides is 1. The molecule has 0 saturated heterocycles. The molecule has 0 saturated carbocycles. The Labute approximate surface area is 225 Å². The SMILES string of the molecule is O=C(N[C@H]1CCOc2ccccc21)c1cnc2cccc(-c3cc(Cl)cc(Cl)c3)c2c1C1=CCOCC1. The van der Waals surface area contributed by atoms with Crippen LogP contribution < -0.4 is 10.1 Å². The number of carbonyl (C=O) groups excluding carboxylic acids is 1. The quantitative estimate of drug-likeness (QED) is 0.301. The highest BCUT2D eigenvalue weighted by Gasteiger charge is 2.27. The van der Waals surface area contributed by atoms with Gasteiger partial charge in [0.2, 0.25) is 0 Å². The minimum Gasteiger partial charge on any atom is -0.493 e. The van der Waals surface area contributed by atoms with Gasteiger partial charge in [-0.3, -0.25) is 9.78 Å². The molecule has 2 aliphatic rings. The molecule has 0 unspecified atom stereocenters. The average molecular weight is 531 g/mol. The van der Waals surface area contributed by atoms with E-state index in [1.54, 1.807) is 12.3 Å². The van der Waals surface area contributed by atoms with Gasteiger partial charge in [0, 0.05) is 39.2 Å². The molecule has 3 aromatic carbocycles. The van der Waals surface area contributed by atoms with E-state index in [1.165, 1.54) is 0 Å². The number of halogens is 2. The van der Waals surface area contributed by atoms with Gasteiger partial charge in [-0.05, 0) is 53.5 Å². The summed E-state index contributed by atoms with van der Waals surface area (Å²) in [5, 5.41) is 5.25. The monoisotopic (exact) mass is 530 g/mol. The number of ether oxygens (including phenoxy) is 2. The molecule has 1 aromatic heterocycles. The van der Waals surface area contributed by atoms with E-state index in [0.717, 1.165) is 44.5 Å². The van der Waals surface area contributed by atoms with Gasteiger partial charge in [-0.2, -0.15) is 0 Å². The maximum atomic E-state index is 13.9. The summed E-state index contributed by atoms with van der Waals surface area (Å²) in [6.07, 6.45) is 5.13. The zero-order valence-corrected chi connectivity index (χ0v) is 21.5. The molecular weight excluding hydrogens is 507 g/mol. The molecule has 5 nitrogen and oxygen atoms in total. The summed E-state index contributed by atoms with van der Waals surface area (Å²) in [6, 6.07) is 19.1. The van der Waals surface area contributed by atoms with E-state index in [1.807, 2.05) is 54.6 Å². The first kappa shape index (κ1) is 24.0. The number of aromatic nitrogens is 1. The molecule has 0 spiro atoms. The van der Waals surface area contributed by atoms with Gasteiger partial charge in [-0.1, -0.05) is 59.6 Å². The molecule has 37 heavy (non-hydrogen) atoms. The summed E-state index contributed by atoms with van der Waals surface area (Å²) in [4.78, 5) is 18.6. The lowest BCUT2D eigenvalue weighted by Crippen LogP contribution is -2.33. The summed E-state index contributed by atoms with van der Waals surface area (Å²) in [5.74, 6) is 0.639. The van der Waals surface area contributed by atoms with Crippen LogP contribution in [-0.2, 0) is 4.74 Å². The van der Waals surface area contributed by atoms with Gasteiger partial charge in [-0.25, -0.2) is 0 Å². The number of hydrogen-bond acceptors (Lipinski definition) is 4. The van der Waals surface area contributed by atoms with Crippen LogP contribution in [0.5, 0.6) is 5.75 Å². The molecule has 1 N–H and O–H groups in total. The van der Waals surface area contributed by atoms with Crippen molar-refractivity contribution < 1.29 is 14.3 Å². The van der Waals surface area contributed by atoms with Crippen LogP contribution >= 0.6 is 23.2 Å². The Morgan fingerprint density at radius 1 is 1.00 bits per heavy atom. The highest BCUT2D eigenvalue weighted by Crippen LogP contribution is 2.39. The van der Waals surface area contributed by atoms with E-state index in [-0.39, 0.29) is 11.9 Å². The molecule has 0 radical (unpaired) electrons. The van der Waals surface area contributed by atoms with E-state index < -0.39 is 0 Å². The third kappa shape index (κ3) is 4.71. The lowest BCUT2D eigenvalue weighted by Gasteiger charge is -2.27. The molecule has 0 bridgehead atoms. The first-order valence-electron chi connectivity index (χ1n) is 12.3. The molecule has 0 fully saturated rings. The number of para-hydroxylation sites is 1. The third-order valence-electron chi connectivity index (χ3n) is 6.86. The number of pyridine rings is 1. The first-order valence-corrected chi connectivity index (χ1v) is 13.0. The Balaban J connectivity index is 1.52. The largest absolute Gasteiger partial charge is 0.493 e. The Hall–Kier alpha value is -3.38. The zero-order chi connectivity index (χ0) is 25.4. The fourth-order valence-corrected chi connectivity index (χ4v) is 5.71. The van der Waals surface area contributed by atoms with Crippen LogP contribution in [0.3, 0.4) is 0 Å². The maximum absolute atomic E-state index is 13.9. The molecule has 0 aliphatic carbocycles. The van der Waals surface area contributed by atoms with Crippen molar-refractivity contribution in [3.05, 3.63) is 99.7 Å². The minimum atomic E-state index is -0.169. The van der Waals surface area contributed by atoms with Crippen LogP contribution in [-0.4, -0.2) is 30.7 Å². The molecule has 7 heteroatoms. The zero-order valence-electron chi connectivity index (χ0n) is 20.0. The molecule has 1 atom stereocenters. The van der Waals surface area contributed by atoms with Crippen LogP contribution in [0, 0.1) is 0 Å². The number of hydrogen-bond donors (Lipinski definition) is 1. The fraction of sp³-hybridized carbons (Fsp3) is 0.200. The summed E-state index contributed by atoms with van der Waals surface area (Å²) in [7, 11) is 0. The summed E-state index contributed by atoms with van der Waals surface area (Å²) in [6.45, 7) is 1.64. The van der Waals surface area contributed by atoms with Crippen LogP contribution in [0.15, 0.2) is 72.9 Å². The number of rotatable bonds is 4. The highest BCUT2D eigenvalue weighted by molar-refractivity contribution is 6.35. The number of nitrogens with one attached hydrogen (secondary N) is 1. The van der Waals surface area contributed by atoms with Crippen molar-refractivity contribution >= 4 is 45.6 Å². The van der Waals surface area contributed by atoms with Crippen molar-refractivity contribution in [2.45, 2.75) is 18.9 Å². The summed E-state index contributed by atoms with van der Waals surface area (Å²) in [5.41, 5.74) is 6.04. The van der Waals surface area contributed by atoms with Crippen molar-refractivity contribution in [2.75, 3.05) is 19.8 Å². The van der Waals surface area contributed by atoms with Crippen molar-refractivity contribution in [1.82, 2.24) is 10.3 Å². The normalized spacial score (nSPS) is 17.0. The average Bonchev–Trinajstić information content (AvgIpc) is 2.92. The second-order valence-electron chi connectivity index (χ2n) is 9.16. The fourth-order valence-electron chi connectivity index (χ4n) is 5.18. The maximum Gasteiger partial charge on any atom is 0.253 e. The topological polar surface area (TPSA) is 60.5 Å². The summed E-state index contributed by atoms with van der Waals surface area (Å²) >= 11 is 12.7. The standard InChI is InChI=1S/C30H24Cl2N2O3/c31-20-14-19(15-21(32)16-20)22-5-3-6-26-29(22)28(18-8-11-36-12-9-18)24(17-33-26)30(35)34-25-10-13-37-27-7-2-1-4-23(25)27/h1-8,14-17,25H,9-13H2,(H,34,35)/t25-/m0/s1. The Bertz CT molecular complexity index is 1530. The predicted octanol–water partition coefficient (Wildman–Crippen LogP) is 7.27. The van der Waals surface area contributed by atoms with Gasteiger partial charge in [0.15, 0.2) is 0 Å². The number of fused-ring (bicyclic) bond motifs is 2. The molecule has 3 heterocycles. The van der Waals surface area contributed by atoms with E-state index in [9.17, 15) is 4.79 Å². The van der Waals surface area contributed by atoms with Crippen LogP contribution in [0.1, 0.15) is 40.4 Å². The Kier molecular flexibility index (Phi) is 6.59. The van der Waals surface area contributed by atoms with E-state index in [2.05, 4.69) is 11.4 Å². The Morgan fingerprint density at radius 2 is 1.84 bits per heavy atom. The number of nitrogens with zero attached hydrogens (tertiary/aromatic N) is 1. The molecule has 1 amide bonds. The van der Waals surface area contributed by atoms with Gasteiger partial charge < -0.3 is 14.8 Å². The predicted molar refractivity (Wildman–Crippen MR) is 147 cm³/mol. The first-order chi connectivity index (χ1) is 18.1. The van der Waals surface area contributed by atoms with Gasteiger partial charge >= 0.3 is 0 Å². The smallest absolute Gasteiger partial charge is 0.253 e. The molecular formula is C30H24Cl2N2O3. The van der Waals surface area contributed by atoms with Crippen LogP contribution in [0.4, 0.5) is 0 Å². The minimum absolute atomic E-state index is 0.147. The molecule has 6 rings (SSSR count). The lowest BCUT2D eigenvalue weighted by atomic mass is 9.88. The number of carbonyl (C=O) groups is 1. The molecule has 4 aromatic rings. The van der Waals surface area contributed by atoms with E-state index >= 15 is 0 Å². The van der Waals surface area contributed by atoms with Gasteiger partial charge in [0.1, 0.15) is 5.75 Å². The van der Waals surface area contributed by atoms with Gasteiger partial charge in [-0.15, -0.1) is 0 Å². The van der Waals surface area contributed by atoms with E-state index in [4.69, 9.17) is 37.7 Å².